The van der Waals surface area contributed by atoms with Crippen LogP contribution in [0.25, 0.3) is 11.0 Å². The maximum Gasteiger partial charge on any atom is 0.290 e. The molecular weight excluding hydrogens is 472 g/mol. The Balaban J connectivity index is 1.78. The van der Waals surface area contributed by atoms with Crippen molar-refractivity contribution in [2.24, 2.45) is 0 Å². The summed E-state index contributed by atoms with van der Waals surface area (Å²) >= 11 is 3.42. The fourth-order valence-corrected chi connectivity index (χ4v) is 4.34. The smallest absolute Gasteiger partial charge is 0.290 e. The van der Waals surface area contributed by atoms with Crippen molar-refractivity contribution in [2.45, 2.75) is 19.4 Å². The van der Waals surface area contributed by atoms with Crippen LogP contribution in [0.1, 0.15) is 34.6 Å². The van der Waals surface area contributed by atoms with Crippen LogP contribution < -0.4 is 0 Å². The van der Waals surface area contributed by atoms with Gasteiger partial charge in [-0.3, -0.25) is 9.59 Å². The highest BCUT2D eigenvalue weighted by molar-refractivity contribution is 9.10. The van der Waals surface area contributed by atoms with E-state index in [-0.39, 0.29) is 11.3 Å². The summed E-state index contributed by atoms with van der Waals surface area (Å²) in [5.41, 5.74) is 2.55. The number of ketones is 1. The summed E-state index contributed by atoms with van der Waals surface area (Å²) in [6.07, 6.45) is 0.885. The first-order valence-electron chi connectivity index (χ1n) is 10.5. The average molecular weight is 497 g/mol. The molecule has 0 fully saturated rings. The van der Waals surface area contributed by atoms with E-state index in [1.807, 2.05) is 55.4 Å². The minimum Gasteiger partial charge on any atom is -0.503 e. The molecule has 3 aromatic rings. The summed E-state index contributed by atoms with van der Waals surface area (Å²) in [4.78, 5) is 30.0. The lowest BCUT2D eigenvalue weighted by Gasteiger charge is -2.28. The van der Waals surface area contributed by atoms with Crippen LogP contribution in [-0.2, 0) is 11.2 Å². The highest BCUT2D eigenvalue weighted by atomic mass is 79.9. The number of aryl methyl sites for hydroxylation is 1. The number of hydrogen-bond acceptors (Lipinski definition) is 5. The fourth-order valence-electron chi connectivity index (χ4n) is 3.97. The molecule has 0 aliphatic carbocycles. The topological polar surface area (TPSA) is 74.0 Å². The van der Waals surface area contributed by atoms with E-state index in [4.69, 9.17) is 4.42 Å². The molecule has 1 aliphatic heterocycles. The summed E-state index contributed by atoms with van der Waals surface area (Å²) in [6.45, 7) is 3.04. The van der Waals surface area contributed by atoms with Gasteiger partial charge >= 0.3 is 0 Å². The van der Waals surface area contributed by atoms with Gasteiger partial charge in [0.2, 0.25) is 5.78 Å². The fraction of sp³-hybridized carbons (Fsp3) is 0.280. The van der Waals surface area contributed by atoms with E-state index < -0.39 is 23.5 Å². The molecule has 1 atom stereocenters. The van der Waals surface area contributed by atoms with E-state index in [0.717, 1.165) is 27.4 Å². The number of fused-ring (bicyclic) bond motifs is 1. The van der Waals surface area contributed by atoms with Crippen molar-refractivity contribution in [3.05, 3.63) is 81.2 Å². The maximum atomic E-state index is 13.5. The molecule has 1 aliphatic rings. The number of carbonyl (C=O) groups excluding carboxylic acids is 2. The Morgan fingerprint density at radius 3 is 2.53 bits per heavy atom. The van der Waals surface area contributed by atoms with Crippen LogP contribution in [0, 0.1) is 0 Å². The molecule has 1 unspecified atom stereocenters. The largest absolute Gasteiger partial charge is 0.503 e. The van der Waals surface area contributed by atoms with Gasteiger partial charge in [-0.2, -0.15) is 0 Å². The number of benzene rings is 2. The molecule has 2 heterocycles. The first-order chi connectivity index (χ1) is 15.3. The van der Waals surface area contributed by atoms with Crippen LogP contribution in [0.3, 0.4) is 0 Å². The number of likely N-dealkylation sites (N-methyl/N-ethyl adjacent to an activating group) is 1. The first kappa shape index (κ1) is 22.3. The second-order valence-electron chi connectivity index (χ2n) is 8.18. The summed E-state index contributed by atoms with van der Waals surface area (Å²) in [5, 5.41) is 11.5. The van der Waals surface area contributed by atoms with Gasteiger partial charge in [0.1, 0.15) is 5.58 Å². The van der Waals surface area contributed by atoms with Crippen molar-refractivity contribution in [1.82, 2.24) is 9.80 Å². The Morgan fingerprint density at radius 2 is 1.88 bits per heavy atom. The Labute approximate surface area is 195 Å². The normalized spacial score (nSPS) is 16.6. The Kier molecular flexibility index (Phi) is 6.22. The van der Waals surface area contributed by atoms with Crippen LogP contribution in [-0.4, -0.2) is 53.8 Å². The number of nitrogens with zero attached hydrogens (tertiary/aromatic N) is 2. The van der Waals surface area contributed by atoms with Crippen LogP contribution >= 0.6 is 15.9 Å². The van der Waals surface area contributed by atoms with E-state index in [1.54, 1.807) is 17.0 Å². The third-order valence-corrected chi connectivity index (χ3v) is 6.24. The summed E-state index contributed by atoms with van der Waals surface area (Å²) in [6, 6.07) is 14.2. The van der Waals surface area contributed by atoms with Crippen LogP contribution in [0.4, 0.5) is 0 Å². The Hall–Kier alpha value is -2.90. The number of carbonyl (C=O) groups is 2. The van der Waals surface area contributed by atoms with Crippen LogP contribution in [0.2, 0.25) is 0 Å². The highest BCUT2D eigenvalue weighted by Gasteiger charge is 2.44. The SMILES string of the molecule is CCc1ccc(C2C(C(=O)c3cc4cc(Br)ccc4o3)=C(O)C(=O)N2CCN(C)C)cc1. The van der Waals surface area contributed by atoms with E-state index in [1.165, 1.54) is 0 Å². The first-order valence-corrected chi connectivity index (χ1v) is 11.3. The molecule has 1 aromatic heterocycles. The zero-order valence-electron chi connectivity index (χ0n) is 18.3. The zero-order chi connectivity index (χ0) is 23.0. The van der Waals surface area contributed by atoms with Gasteiger partial charge in [-0.1, -0.05) is 47.1 Å². The number of aliphatic hydroxyl groups excluding tert-OH is 1. The van der Waals surface area contributed by atoms with Gasteiger partial charge in [-0.25, -0.2) is 0 Å². The molecule has 0 saturated carbocycles. The van der Waals surface area contributed by atoms with E-state index in [2.05, 4.69) is 22.9 Å². The summed E-state index contributed by atoms with van der Waals surface area (Å²) in [7, 11) is 3.83. The molecule has 0 saturated heterocycles. The number of Topliss-reactive ketones (excluding diaryl/α,β-unsaturated/α-hetero) is 1. The standard InChI is InChI=1S/C25H25BrN2O4/c1-4-15-5-7-16(8-6-15)22-21(24(30)25(31)28(22)12-11-27(2)3)23(29)20-14-17-13-18(26)9-10-19(17)32-20/h5-10,13-14,22,30H,4,11-12H2,1-3H3. The molecule has 0 radical (unpaired) electrons. The highest BCUT2D eigenvalue weighted by Crippen LogP contribution is 2.39. The van der Waals surface area contributed by atoms with Gasteiger partial charge < -0.3 is 19.3 Å². The van der Waals surface area contributed by atoms with Crippen molar-refractivity contribution in [2.75, 3.05) is 27.2 Å². The van der Waals surface area contributed by atoms with Gasteiger partial charge in [-0.05, 0) is 55.9 Å². The van der Waals surface area contributed by atoms with Crippen molar-refractivity contribution < 1.29 is 19.1 Å². The molecule has 6 nitrogen and oxygen atoms in total. The minimum atomic E-state index is -0.680. The molecule has 4 rings (SSSR count). The predicted octanol–water partition coefficient (Wildman–Crippen LogP) is 4.90. The third kappa shape index (κ3) is 4.10. The molecule has 2 aromatic carbocycles. The maximum absolute atomic E-state index is 13.5. The minimum absolute atomic E-state index is 0.0520. The summed E-state index contributed by atoms with van der Waals surface area (Å²) < 4.78 is 6.65. The number of rotatable bonds is 7. The Bertz CT molecular complexity index is 1210. The number of halogens is 1. The van der Waals surface area contributed by atoms with Crippen LogP contribution in [0.5, 0.6) is 0 Å². The van der Waals surface area contributed by atoms with E-state index >= 15 is 0 Å². The van der Waals surface area contributed by atoms with Crippen molar-refractivity contribution in [3.8, 4) is 0 Å². The molecule has 1 amide bonds. The predicted molar refractivity (Wildman–Crippen MR) is 127 cm³/mol. The molecule has 32 heavy (non-hydrogen) atoms. The number of amides is 1. The van der Waals surface area contributed by atoms with Gasteiger partial charge in [-0.15, -0.1) is 0 Å². The average Bonchev–Trinajstić information content (AvgIpc) is 3.30. The van der Waals surface area contributed by atoms with Gasteiger partial charge in [0.25, 0.3) is 5.91 Å². The molecule has 7 heteroatoms. The van der Waals surface area contributed by atoms with Gasteiger partial charge in [0.05, 0.1) is 11.6 Å². The molecule has 0 bridgehead atoms. The quantitative estimate of drug-likeness (QED) is 0.471. The summed E-state index contributed by atoms with van der Waals surface area (Å²) in [5.74, 6) is -1.45. The zero-order valence-corrected chi connectivity index (χ0v) is 19.8. The molecule has 166 valence electrons. The molecule has 1 N–H and O–H groups in total. The lowest BCUT2D eigenvalue weighted by atomic mass is 9.94. The van der Waals surface area contributed by atoms with Crippen molar-refractivity contribution in [1.29, 1.82) is 0 Å². The molecular formula is C25H25BrN2O4. The van der Waals surface area contributed by atoms with E-state index in [0.29, 0.717) is 18.7 Å². The third-order valence-electron chi connectivity index (χ3n) is 5.74. The van der Waals surface area contributed by atoms with Gasteiger partial charge in [0, 0.05) is 22.9 Å². The van der Waals surface area contributed by atoms with Crippen molar-refractivity contribution >= 4 is 38.6 Å². The second-order valence-corrected chi connectivity index (χ2v) is 9.10. The molecule has 0 spiro atoms. The number of aliphatic hydroxyl groups is 1. The lowest BCUT2D eigenvalue weighted by Crippen LogP contribution is -2.36. The second kappa shape index (κ2) is 8.92. The van der Waals surface area contributed by atoms with Crippen molar-refractivity contribution in [3.63, 3.8) is 0 Å². The van der Waals surface area contributed by atoms with Crippen LogP contribution in [0.15, 0.2) is 68.8 Å². The number of furan rings is 1. The van der Waals surface area contributed by atoms with Gasteiger partial charge in [0.15, 0.2) is 11.5 Å². The van der Waals surface area contributed by atoms with E-state index in [9.17, 15) is 14.7 Å². The monoisotopic (exact) mass is 496 g/mol. The Morgan fingerprint density at radius 1 is 1.16 bits per heavy atom. The lowest BCUT2D eigenvalue weighted by molar-refractivity contribution is -0.129. The number of hydrogen-bond donors (Lipinski definition) is 1.